The lowest BCUT2D eigenvalue weighted by Gasteiger charge is -2.32. The minimum atomic E-state index is -0.121. The van der Waals surface area contributed by atoms with Gasteiger partial charge in [-0.15, -0.1) is 0 Å². The molecule has 3 rings (SSSR count). The van der Waals surface area contributed by atoms with E-state index in [-0.39, 0.29) is 17.7 Å². The molecule has 29 heavy (non-hydrogen) atoms. The van der Waals surface area contributed by atoms with Crippen molar-refractivity contribution in [1.29, 1.82) is 0 Å². The molecule has 2 amide bonds. The van der Waals surface area contributed by atoms with Crippen LogP contribution >= 0.6 is 0 Å². The summed E-state index contributed by atoms with van der Waals surface area (Å²) in [6, 6.07) is 11.9. The van der Waals surface area contributed by atoms with E-state index >= 15 is 0 Å². The van der Waals surface area contributed by atoms with E-state index in [9.17, 15) is 9.59 Å². The largest absolute Gasteiger partial charge is 0.497 e. The number of likely N-dealkylation sites (tertiary alicyclic amines) is 1. The smallest absolute Gasteiger partial charge is 0.224 e. The Kier molecular flexibility index (Phi) is 7.61. The van der Waals surface area contributed by atoms with Gasteiger partial charge >= 0.3 is 0 Å². The van der Waals surface area contributed by atoms with Crippen LogP contribution in [0.1, 0.15) is 30.4 Å². The molecular formula is C23H29N3O3. The molecule has 1 aliphatic heterocycles. The number of nitrogens with one attached hydrogen (secondary N) is 1. The van der Waals surface area contributed by atoms with E-state index in [1.807, 2.05) is 41.3 Å². The molecule has 6 heteroatoms. The molecule has 0 aliphatic carbocycles. The van der Waals surface area contributed by atoms with Crippen LogP contribution in [0.25, 0.3) is 0 Å². The van der Waals surface area contributed by atoms with E-state index in [0.717, 1.165) is 30.6 Å². The second kappa shape index (κ2) is 10.6. The topological polar surface area (TPSA) is 71.5 Å². The van der Waals surface area contributed by atoms with Crippen LogP contribution in [0.15, 0.2) is 48.8 Å². The molecule has 1 aromatic heterocycles. The highest BCUT2D eigenvalue weighted by Gasteiger charge is 2.29. The van der Waals surface area contributed by atoms with Gasteiger partial charge in [0.1, 0.15) is 5.75 Å². The molecule has 1 fully saturated rings. The third kappa shape index (κ3) is 6.31. The molecule has 2 heterocycles. The van der Waals surface area contributed by atoms with Crippen molar-refractivity contribution in [2.45, 2.75) is 32.1 Å². The number of hydrogen-bond acceptors (Lipinski definition) is 4. The Morgan fingerprint density at radius 2 is 1.86 bits per heavy atom. The van der Waals surface area contributed by atoms with E-state index in [0.29, 0.717) is 32.5 Å². The molecule has 1 saturated heterocycles. The number of aryl methyl sites for hydroxylation is 1. The van der Waals surface area contributed by atoms with E-state index < -0.39 is 0 Å². The number of methoxy groups -OCH3 is 1. The minimum Gasteiger partial charge on any atom is -0.497 e. The summed E-state index contributed by atoms with van der Waals surface area (Å²) < 4.78 is 5.17. The summed E-state index contributed by atoms with van der Waals surface area (Å²) in [5, 5.41) is 3.04. The molecule has 0 spiro atoms. The third-order valence-corrected chi connectivity index (χ3v) is 5.39. The van der Waals surface area contributed by atoms with Gasteiger partial charge in [0.15, 0.2) is 0 Å². The monoisotopic (exact) mass is 395 g/mol. The average molecular weight is 396 g/mol. The van der Waals surface area contributed by atoms with Gasteiger partial charge in [0, 0.05) is 38.4 Å². The summed E-state index contributed by atoms with van der Waals surface area (Å²) in [5.74, 6) is 0.898. The Labute approximate surface area is 172 Å². The lowest BCUT2D eigenvalue weighted by atomic mass is 9.96. The highest BCUT2D eigenvalue weighted by atomic mass is 16.5. The Morgan fingerprint density at radius 3 is 2.59 bits per heavy atom. The number of benzene rings is 1. The molecule has 0 saturated carbocycles. The molecule has 1 aromatic carbocycles. The fourth-order valence-corrected chi connectivity index (χ4v) is 3.60. The SMILES string of the molecule is COc1ccc(CCN2CC(C(=O)NCCCc3ccncc3)CCC2=O)cc1. The molecule has 1 aliphatic rings. The van der Waals surface area contributed by atoms with Crippen LogP contribution in [0.2, 0.25) is 0 Å². The fourth-order valence-electron chi connectivity index (χ4n) is 3.60. The normalized spacial score (nSPS) is 16.5. The summed E-state index contributed by atoms with van der Waals surface area (Å²) in [7, 11) is 1.64. The summed E-state index contributed by atoms with van der Waals surface area (Å²) in [5.41, 5.74) is 2.38. The predicted molar refractivity (Wildman–Crippen MR) is 112 cm³/mol. The van der Waals surface area contributed by atoms with Gasteiger partial charge in [-0.2, -0.15) is 0 Å². The maximum atomic E-state index is 12.5. The van der Waals surface area contributed by atoms with E-state index in [4.69, 9.17) is 4.74 Å². The Morgan fingerprint density at radius 1 is 1.14 bits per heavy atom. The molecule has 1 N–H and O–H groups in total. The number of pyridine rings is 1. The van der Waals surface area contributed by atoms with Crippen LogP contribution in [-0.2, 0) is 22.4 Å². The van der Waals surface area contributed by atoms with Gasteiger partial charge in [-0.25, -0.2) is 0 Å². The molecule has 0 radical (unpaired) electrons. The number of piperidine rings is 1. The molecule has 1 unspecified atom stereocenters. The van der Waals surface area contributed by atoms with Gasteiger partial charge in [-0.3, -0.25) is 14.6 Å². The first-order chi connectivity index (χ1) is 14.2. The first-order valence-electron chi connectivity index (χ1n) is 10.2. The van der Waals surface area contributed by atoms with Gasteiger partial charge in [0.05, 0.1) is 13.0 Å². The number of carbonyl (C=O) groups is 2. The predicted octanol–water partition coefficient (Wildman–Crippen LogP) is 2.62. The Balaban J connectivity index is 1.41. The van der Waals surface area contributed by atoms with Gasteiger partial charge < -0.3 is 15.0 Å². The van der Waals surface area contributed by atoms with Crippen LogP contribution in [0.4, 0.5) is 0 Å². The summed E-state index contributed by atoms with van der Waals surface area (Å²) in [6.07, 6.45) is 7.23. The zero-order valence-corrected chi connectivity index (χ0v) is 17.0. The molecule has 0 bridgehead atoms. The zero-order chi connectivity index (χ0) is 20.5. The van der Waals surface area contributed by atoms with Crippen molar-refractivity contribution >= 4 is 11.8 Å². The summed E-state index contributed by atoms with van der Waals surface area (Å²) in [6.45, 7) is 1.79. The van der Waals surface area contributed by atoms with Gasteiger partial charge in [-0.05, 0) is 61.1 Å². The number of hydrogen-bond donors (Lipinski definition) is 1. The van der Waals surface area contributed by atoms with Crippen molar-refractivity contribution in [3.63, 3.8) is 0 Å². The highest BCUT2D eigenvalue weighted by Crippen LogP contribution is 2.19. The molecule has 1 atom stereocenters. The second-order valence-corrected chi connectivity index (χ2v) is 7.42. The number of amides is 2. The number of nitrogens with zero attached hydrogens (tertiary/aromatic N) is 2. The van der Waals surface area contributed by atoms with Crippen molar-refractivity contribution in [2.24, 2.45) is 5.92 Å². The zero-order valence-electron chi connectivity index (χ0n) is 17.0. The van der Waals surface area contributed by atoms with E-state index in [1.54, 1.807) is 19.5 Å². The Hall–Kier alpha value is -2.89. The van der Waals surface area contributed by atoms with Crippen LogP contribution in [-0.4, -0.2) is 48.4 Å². The van der Waals surface area contributed by atoms with Gasteiger partial charge in [-0.1, -0.05) is 12.1 Å². The van der Waals surface area contributed by atoms with Crippen LogP contribution in [0.5, 0.6) is 5.75 Å². The van der Waals surface area contributed by atoms with Crippen molar-refractivity contribution in [3.8, 4) is 5.75 Å². The molecule has 154 valence electrons. The van der Waals surface area contributed by atoms with Crippen LogP contribution in [0.3, 0.4) is 0 Å². The van der Waals surface area contributed by atoms with Gasteiger partial charge in [0.25, 0.3) is 0 Å². The average Bonchev–Trinajstić information content (AvgIpc) is 2.77. The van der Waals surface area contributed by atoms with Crippen molar-refractivity contribution in [1.82, 2.24) is 15.2 Å². The quantitative estimate of drug-likeness (QED) is 0.663. The lowest BCUT2D eigenvalue weighted by Crippen LogP contribution is -2.46. The van der Waals surface area contributed by atoms with Crippen molar-refractivity contribution in [3.05, 3.63) is 59.9 Å². The van der Waals surface area contributed by atoms with Gasteiger partial charge in [0.2, 0.25) is 11.8 Å². The number of carbonyl (C=O) groups excluding carboxylic acids is 2. The number of ether oxygens (including phenoxy) is 1. The standard InChI is InChI=1S/C23H29N3O3/c1-29-21-7-4-19(5-8-21)12-16-26-17-20(6-9-22(26)27)23(28)25-13-2-3-18-10-14-24-15-11-18/h4-5,7-8,10-11,14-15,20H,2-3,6,9,12-13,16-17H2,1H3,(H,25,28). The number of aromatic nitrogens is 1. The maximum Gasteiger partial charge on any atom is 0.224 e. The Bertz CT molecular complexity index is 793. The van der Waals surface area contributed by atoms with Crippen LogP contribution < -0.4 is 10.1 Å². The first kappa shape index (κ1) is 20.8. The minimum absolute atomic E-state index is 0.0571. The van der Waals surface area contributed by atoms with Crippen LogP contribution in [0, 0.1) is 5.92 Å². The lowest BCUT2D eigenvalue weighted by molar-refractivity contribution is -0.138. The fraction of sp³-hybridized carbons (Fsp3) is 0.435. The van der Waals surface area contributed by atoms with E-state index in [2.05, 4.69) is 10.3 Å². The number of rotatable bonds is 9. The van der Waals surface area contributed by atoms with E-state index in [1.165, 1.54) is 5.56 Å². The third-order valence-electron chi connectivity index (χ3n) is 5.39. The first-order valence-corrected chi connectivity index (χ1v) is 10.2. The van der Waals surface area contributed by atoms with Crippen molar-refractivity contribution in [2.75, 3.05) is 26.7 Å². The van der Waals surface area contributed by atoms with Crippen molar-refractivity contribution < 1.29 is 14.3 Å². The molecular weight excluding hydrogens is 366 g/mol. The summed E-state index contributed by atoms with van der Waals surface area (Å²) >= 11 is 0. The molecule has 2 aromatic rings. The summed E-state index contributed by atoms with van der Waals surface area (Å²) in [4.78, 5) is 30.6. The maximum absolute atomic E-state index is 12.5. The molecule has 6 nitrogen and oxygen atoms in total. The highest BCUT2D eigenvalue weighted by molar-refractivity contribution is 5.83. The second-order valence-electron chi connectivity index (χ2n) is 7.42.